The second kappa shape index (κ2) is 8.00. The normalized spacial score (nSPS) is 22.1. The quantitative estimate of drug-likeness (QED) is 0.792. The number of nitrogens with one attached hydrogen (secondary N) is 1. The Kier molecular flexibility index (Phi) is 5.17. The number of carbonyl (C=O) groups excluding carboxylic acids is 2. The minimum Gasteiger partial charge on any atom is -0.497 e. The second-order valence-electron chi connectivity index (χ2n) is 8.67. The first-order valence-electron chi connectivity index (χ1n) is 11.0. The van der Waals surface area contributed by atoms with E-state index in [-0.39, 0.29) is 17.7 Å². The Hall–Kier alpha value is -2.87. The number of carbonyl (C=O) groups is 2. The van der Waals surface area contributed by atoms with Gasteiger partial charge in [-0.3, -0.25) is 9.59 Å². The van der Waals surface area contributed by atoms with Crippen LogP contribution < -0.4 is 10.1 Å². The number of fused-ring (bicyclic) bond motifs is 2. The van der Waals surface area contributed by atoms with Crippen LogP contribution in [0.1, 0.15) is 37.1 Å². The molecule has 8 heteroatoms. The molecule has 1 unspecified atom stereocenters. The lowest BCUT2D eigenvalue weighted by Gasteiger charge is -2.45. The number of methoxy groups -OCH3 is 1. The third-order valence-electron chi connectivity index (χ3n) is 6.56. The monoisotopic (exact) mass is 424 g/mol. The third kappa shape index (κ3) is 3.92. The SMILES string of the molecule is COc1cccc(CNC(=O)C2Cn3ccnc3C3(CCN(C(=O)C4CC4)CC3)O2)c1. The number of hydrogen-bond acceptors (Lipinski definition) is 5. The molecule has 0 bridgehead atoms. The molecule has 1 N–H and O–H groups in total. The number of amides is 2. The van der Waals surface area contributed by atoms with E-state index in [1.54, 1.807) is 13.3 Å². The van der Waals surface area contributed by atoms with Gasteiger partial charge in [-0.15, -0.1) is 0 Å². The topological polar surface area (TPSA) is 85.7 Å². The Labute approximate surface area is 181 Å². The molecule has 1 atom stereocenters. The fourth-order valence-corrected chi connectivity index (χ4v) is 4.64. The average Bonchev–Trinajstić information content (AvgIpc) is 3.54. The molecule has 1 saturated heterocycles. The average molecular weight is 425 g/mol. The number of imidazole rings is 1. The highest BCUT2D eigenvalue weighted by Crippen LogP contribution is 2.41. The zero-order chi connectivity index (χ0) is 21.4. The largest absolute Gasteiger partial charge is 0.497 e. The Bertz CT molecular complexity index is 975. The minimum absolute atomic E-state index is 0.141. The highest BCUT2D eigenvalue weighted by molar-refractivity contribution is 5.81. The standard InChI is InChI=1S/C23H28N4O4/c1-30-18-4-2-3-16(13-18)14-25-20(28)19-15-27-12-9-24-22(27)23(31-19)7-10-26(11-8-23)21(29)17-5-6-17/h2-4,9,12-13,17,19H,5-8,10-11,14-15H2,1H3,(H,25,28). The summed E-state index contributed by atoms with van der Waals surface area (Å²) in [6, 6.07) is 7.64. The smallest absolute Gasteiger partial charge is 0.251 e. The fourth-order valence-electron chi connectivity index (χ4n) is 4.64. The predicted molar refractivity (Wildman–Crippen MR) is 112 cm³/mol. The van der Waals surface area contributed by atoms with Gasteiger partial charge in [0, 0.05) is 50.8 Å². The molecule has 2 amide bonds. The number of hydrogen-bond donors (Lipinski definition) is 1. The van der Waals surface area contributed by atoms with Gasteiger partial charge >= 0.3 is 0 Å². The number of nitrogens with zero attached hydrogens (tertiary/aromatic N) is 3. The first-order valence-corrected chi connectivity index (χ1v) is 11.0. The number of piperidine rings is 1. The van der Waals surface area contributed by atoms with Crippen molar-refractivity contribution in [3.05, 3.63) is 48.0 Å². The summed E-state index contributed by atoms with van der Waals surface area (Å²) in [5.74, 6) is 1.97. The van der Waals surface area contributed by atoms with Crippen molar-refractivity contribution in [3.8, 4) is 5.75 Å². The van der Waals surface area contributed by atoms with Crippen LogP contribution in [0.2, 0.25) is 0 Å². The summed E-state index contributed by atoms with van der Waals surface area (Å²) in [6.45, 7) is 2.12. The molecule has 8 nitrogen and oxygen atoms in total. The fraction of sp³-hybridized carbons (Fsp3) is 0.522. The van der Waals surface area contributed by atoms with Gasteiger partial charge < -0.3 is 24.3 Å². The van der Waals surface area contributed by atoms with Gasteiger partial charge in [0.15, 0.2) is 6.10 Å². The highest BCUT2D eigenvalue weighted by atomic mass is 16.5. The molecule has 1 aromatic heterocycles. The summed E-state index contributed by atoms with van der Waals surface area (Å²) >= 11 is 0. The lowest BCUT2D eigenvalue weighted by Crippen LogP contribution is -2.54. The maximum atomic E-state index is 13.0. The van der Waals surface area contributed by atoms with Crippen LogP contribution in [0.25, 0.3) is 0 Å². The highest BCUT2D eigenvalue weighted by Gasteiger charge is 2.48. The number of aromatic nitrogens is 2. The molecule has 2 aromatic rings. The van der Waals surface area contributed by atoms with Crippen molar-refractivity contribution >= 4 is 11.8 Å². The molecule has 0 radical (unpaired) electrons. The molecule has 3 heterocycles. The van der Waals surface area contributed by atoms with E-state index in [2.05, 4.69) is 10.3 Å². The maximum absolute atomic E-state index is 13.0. The van der Waals surface area contributed by atoms with Crippen molar-refractivity contribution in [1.29, 1.82) is 0 Å². The molecule has 164 valence electrons. The van der Waals surface area contributed by atoms with Crippen molar-refractivity contribution in [2.75, 3.05) is 20.2 Å². The van der Waals surface area contributed by atoms with Gasteiger partial charge in [0.05, 0.1) is 13.7 Å². The summed E-state index contributed by atoms with van der Waals surface area (Å²) < 4.78 is 13.7. The Morgan fingerprint density at radius 1 is 1.29 bits per heavy atom. The van der Waals surface area contributed by atoms with Crippen LogP contribution in [-0.2, 0) is 33.0 Å². The van der Waals surface area contributed by atoms with Crippen LogP contribution in [0.3, 0.4) is 0 Å². The van der Waals surface area contributed by atoms with Crippen LogP contribution in [0.15, 0.2) is 36.7 Å². The molecule has 1 aromatic carbocycles. The van der Waals surface area contributed by atoms with E-state index in [4.69, 9.17) is 9.47 Å². The van der Waals surface area contributed by atoms with Crippen LogP contribution in [-0.4, -0.2) is 52.6 Å². The van der Waals surface area contributed by atoms with E-state index < -0.39 is 11.7 Å². The first kappa shape index (κ1) is 20.1. The van der Waals surface area contributed by atoms with E-state index in [9.17, 15) is 9.59 Å². The van der Waals surface area contributed by atoms with E-state index >= 15 is 0 Å². The van der Waals surface area contributed by atoms with Crippen LogP contribution in [0, 0.1) is 5.92 Å². The van der Waals surface area contributed by atoms with Crippen molar-refractivity contribution in [2.24, 2.45) is 5.92 Å². The molecule has 1 aliphatic carbocycles. The molecule has 5 rings (SSSR count). The molecule has 2 fully saturated rings. The van der Waals surface area contributed by atoms with Crippen molar-refractivity contribution in [1.82, 2.24) is 19.8 Å². The molecular weight excluding hydrogens is 396 g/mol. The summed E-state index contributed by atoms with van der Waals surface area (Å²) in [6.07, 6.45) is 6.40. The van der Waals surface area contributed by atoms with Gasteiger partial charge in [-0.05, 0) is 30.5 Å². The Morgan fingerprint density at radius 2 is 2.10 bits per heavy atom. The Morgan fingerprint density at radius 3 is 2.84 bits per heavy atom. The summed E-state index contributed by atoms with van der Waals surface area (Å²) in [4.78, 5) is 31.9. The van der Waals surface area contributed by atoms with Crippen molar-refractivity contribution < 1.29 is 19.1 Å². The molecule has 3 aliphatic rings. The van der Waals surface area contributed by atoms with E-state index in [0.29, 0.717) is 39.0 Å². The van der Waals surface area contributed by atoms with Crippen LogP contribution in [0.4, 0.5) is 0 Å². The lowest BCUT2D eigenvalue weighted by molar-refractivity contribution is -0.176. The maximum Gasteiger partial charge on any atom is 0.251 e. The molecule has 1 spiro atoms. The van der Waals surface area contributed by atoms with Gasteiger partial charge in [0.2, 0.25) is 5.91 Å². The first-order chi connectivity index (χ1) is 15.1. The van der Waals surface area contributed by atoms with Gasteiger partial charge in [-0.2, -0.15) is 0 Å². The molecule has 31 heavy (non-hydrogen) atoms. The predicted octanol–water partition coefficient (Wildman–Crippen LogP) is 1.83. The molecular formula is C23H28N4O4. The van der Waals surface area contributed by atoms with E-state index in [1.807, 2.05) is 39.9 Å². The summed E-state index contributed by atoms with van der Waals surface area (Å²) in [5.41, 5.74) is 0.341. The zero-order valence-electron chi connectivity index (χ0n) is 17.8. The number of ether oxygens (including phenoxy) is 2. The molecule has 1 saturated carbocycles. The summed E-state index contributed by atoms with van der Waals surface area (Å²) in [7, 11) is 1.62. The van der Waals surface area contributed by atoms with Gasteiger partial charge in [0.25, 0.3) is 5.91 Å². The third-order valence-corrected chi connectivity index (χ3v) is 6.56. The zero-order valence-corrected chi connectivity index (χ0v) is 17.8. The van der Waals surface area contributed by atoms with E-state index in [0.717, 1.165) is 30.0 Å². The molecule has 2 aliphatic heterocycles. The Balaban J connectivity index is 1.27. The van der Waals surface area contributed by atoms with Crippen LogP contribution >= 0.6 is 0 Å². The van der Waals surface area contributed by atoms with E-state index in [1.165, 1.54) is 0 Å². The lowest BCUT2D eigenvalue weighted by atomic mass is 9.88. The second-order valence-corrected chi connectivity index (χ2v) is 8.67. The van der Waals surface area contributed by atoms with Crippen molar-refractivity contribution in [3.63, 3.8) is 0 Å². The number of likely N-dealkylation sites (tertiary alicyclic amines) is 1. The number of benzene rings is 1. The minimum atomic E-state index is -0.625. The number of rotatable bonds is 5. The van der Waals surface area contributed by atoms with Crippen LogP contribution in [0.5, 0.6) is 5.75 Å². The van der Waals surface area contributed by atoms with Gasteiger partial charge in [-0.1, -0.05) is 12.1 Å². The van der Waals surface area contributed by atoms with Gasteiger partial charge in [0.1, 0.15) is 17.2 Å². The summed E-state index contributed by atoms with van der Waals surface area (Å²) in [5, 5.41) is 3.00. The van der Waals surface area contributed by atoms with Gasteiger partial charge in [-0.25, -0.2) is 4.98 Å². The van der Waals surface area contributed by atoms with Crippen molar-refractivity contribution in [2.45, 2.75) is 50.5 Å².